The molecule has 1 saturated heterocycles. The van der Waals surface area contributed by atoms with Crippen LogP contribution in [0.25, 0.3) is 0 Å². The van der Waals surface area contributed by atoms with E-state index < -0.39 is 0 Å². The van der Waals surface area contributed by atoms with Gasteiger partial charge in [0.25, 0.3) is 0 Å². The summed E-state index contributed by atoms with van der Waals surface area (Å²) in [5.41, 5.74) is 1.34. The summed E-state index contributed by atoms with van der Waals surface area (Å²) in [6, 6.07) is 10.5. The second-order valence-corrected chi connectivity index (χ2v) is 6.77. The number of hydrogen-bond donors (Lipinski definition) is 0. The normalized spacial score (nSPS) is 20.6. The van der Waals surface area contributed by atoms with E-state index in [0.29, 0.717) is 25.4 Å². The quantitative estimate of drug-likeness (QED) is 0.812. The minimum Gasteiger partial charge on any atom is -0.379 e. The van der Waals surface area contributed by atoms with Crippen LogP contribution in [0.3, 0.4) is 0 Å². The standard InChI is InChI=1S/C20H27N3O2/c1-16-21-10-13-22(16)12-9-20(24)23-11-8-18(19(15-23)25-2)14-17-6-4-3-5-7-17/h3-7,10,13,18-19H,8-9,11-12,14-15H2,1-2H3/t18-,19+/m1/s1. The third-order valence-corrected chi connectivity index (χ3v) is 5.18. The van der Waals surface area contributed by atoms with Gasteiger partial charge in [-0.25, -0.2) is 4.98 Å². The summed E-state index contributed by atoms with van der Waals surface area (Å²) in [5.74, 6) is 1.62. The fourth-order valence-corrected chi connectivity index (χ4v) is 3.62. The molecule has 25 heavy (non-hydrogen) atoms. The number of aryl methyl sites for hydroxylation is 2. The first kappa shape index (κ1) is 17.7. The summed E-state index contributed by atoms with van der Waals surface area (Å²) in [6.45, 7) is 4.15. The van der Waals surface area contributed by atoms with Crippen molar-refractivity contribution in [3.8, 4) is 0 Å². The number of amides is 1. The first-order valence-electron chi connectivity index (χ1n) is 8.99. The molecule has 3 rings (SSSR count). The average molecular weight is 341 g/mol. The Morgan fingerprint density at radius 2 is 2.12 bits per heavy atom. The Morgan fingerprint density at radius 3 is 2.80 bits per heavy atom. The second kappa shape index (κ2) is 8.30. The van der Waals surface area contributed by atoms with E-state index in [9.17, 15) is 4.79 Å². The molecule has 5 nitrogen and oxygen atoms in total. The second-order valence-electron chi connectivity index (χ2n) is 6.77. The maximum Gasteiger partial charge on any atom is 0.224 e. The van der Waals surface area contributed by atoms with Crippen molar-refractivity contribution in [1.29, 1.82) is 0 Å². The van der Waals surface area contributed by atoms with Crippen molar-refractivity contribution in [2.24, 2.45) is 5.92 Å². The number of hydrogen-bond acceptors (Lipinski definition) is 3. The molecule has 1 fully saturated rings. The maximum atomic E-state index is 12.6. The predicted molar refractivity (Wildman–Crippen MR) is 97.2 cm³/mol. The highest BCUT2D eigenvalue weighted by atomic mass is 16.5. The van der Waals surface area contributed by atoms with Crippen LogP contribution in [0.4, 0.5) is 0 Å². The number of rotatable bonds is 6. The summed E-state index contributed by atoms with van der Waals surface area (Å²) in [4.78, 5) is 18.7. The van der Waals surface area contributed by atoms with Crippen LogP contribution in [-0.2, 0) is 22.5 Å². The average Bonchev–Trinajstić information content (AvgIpc) is 3.06. The number of nitrogens with zero attached hydrogens (tertiary/aromatic N) is 3. The first-order valence-corrected chi connectivity index (χ1v) is 8.99. The largest absolute Gasteiger partial charge is 0.379 e. The SMILES string of the molecule is CO[C@H]1CN(C(=O)CCn2ccnc2C)CC[C@@H]1Cc1ccccc1. The van der Waals surface area contributed by atoms with E-state index in [1.807, 2.05) is 28.7 Å². The molecule has 0 N–H and O–H groups in total. The zero-order valence-electron chi connectivity index (χ0n) is 15.1. The van der Waals surface area contributed by atoms with Crippen molar-refractivity contribution in [1.82, 2.24) is 14.5 Å². The molecule has 2 heterocycles. The highest BCUT2D eigenvalue weighted by Crippen LogP contribution is 2.24. The maximum absolute atomic E-state index is 12.6. The number of likely N-dealkylation sites (tertiary alicyclic amines) is 1. The van der Waals surface area contributed by atoms with E-state index in [0.717, 1.165) is 25.2 Å². The molecule has 1 aliphatic heterocycles. The van der Waals surface area contributed by atoms with Crippen molar-refractivity contribution in [3.05, 3.63) is 54.1 Å². The number of carbonyl (C=O) groups excluding carboxylic acids is 1. The van der Waals surface area contributed by atoms with E-state index in [1.54, 1.807) is 13.3 Å². The molecule has 0 spiro atoms. The molecule has 0 aliphatic carbocycles. The minimum atomic E-state index is 0.105. The molecule has 1 amide bonds. The molecule has 2 atom stereocenters. The van der Waals surface area contributed by atoms with E-state index in [1.165, 1.54) is 5.56 Å². The zero-order valence-corrected chi connectivity index (χ0v) is 15.1. The van der Waals surface area contributed by atoms with Gasteiger partial charge in [-0.3, -0.25) is 4.79 Å². The van der Waals surface area contributed by atoms with E-state index in [4.69, 9.17) is 4.74 Å². The third kappa shape index (κ3) is 4.48. The summed E-state index contributed by atoms with van der Waals surface area (Å²) in [6.07, 6.45) is 6.31. The van der Waals surface area contributed by atoms with Gasteiger partial charge < -0.3 is 14.2 Å². The van der Waals surface area contributed by atoms with Gasteiger partial charge in [0, 0.05) is 45.6 Å². The van der Waals surface area contributed by atoms with Crippen LogP contribution >= 0.6 is 0 Å². The summed E-state index contributed by atoms with van der Waals surface area (Å²) in [7, 11) is 1.76. The van der Waals surface area contributed by atoms with Crippen LogP contribution in [0.1, 0.15) is 24.2 Å². The number of benzene rings is 1. The third-order valence-electron chi connectivity index (χ3n) is 5.18. The van der Waals surface area contributed by atoms with Gasteiger partial charge in [0.2, 0.25) is 5.91 Å². The highest BCUT2D eigenvalue weighted by Gasteiger charge is 2.31. The fourth-order valence-electron chi connectivity index (χ4n) is 3.62. The molecule has 5 heteroatoms. The molecule has 2 aromatic rings. The van der Waals surface area contributed by atoms with Crippen LogP contribution in [0.15, 0.2) is 42.7 Å². The predicted octanol–water partition coefficient (Wildman–Crippen LogP) is 2.69. The molecular formula is C20H27N3O2. The van der Waals surface area contributed by atoms with Gasteiger partial charge in [0.15, 0.2) is 0 Å². The van der Waals surface area contributed by atoms with E-state index in [-0.39, 0.29) is 12.0 Å². The van der Waals surface area contributed by atoms with Gasteiger partial charge in [0.05, 0.1) is 6.10 Å². The van der Waals surface area contributed by atoms with Gasteiger partial charge in [-0.05, 0) is 31.2 Å². The Hall–Kier alpha value is -2.14. The molecule has 1 aromatic carbocycles. The summed E-state index contributed by atoms with van der Waals surface area (Å²) < 4.78 is 7.74. The van der Waals surface area contributed by atoms with Crippen molar-refractivity contribution in [2.45, 2.75) is 38.8 Å². The van der Waals surface area contributed by atoms with Crippen molar-refractivity contribution < 1.29 is 9.53 Å². The van der Waals surface area contributed by atoms with Crippen molar-refractivity contribution in [3.63, 3.8) is 0 Å². The van der Waals surface area contributed by atoms with Crippen LogP contribution in [0, 0.1) is 12.8 Å². The van der Waals surface area contributed by atoms with Crippen molar-refractivity contribution in [2.75, 3.05) is 20.2 Å². The summed E-state index contributed by atoms with van der Waals surface area (Å²) >= 11 is 0. The lowest BCUT2D eigenvalue weighted by Crippen LogP contribution is -2.48. The number of piperidine rings is 1. The Bertz CT molecular complexity index is 683. The van der Waals surface area contributed by atoms with Crippen molar-refractivity contribution >= 4 is 5.91 Å². The summed E-state index contributed by atoms with van der Waals surface area (Å²) in [5, 5.41) is 0. The number of carbonyl (C=O) groups is 1. The highest BCUT2D eigenvalue weighted by molar-refractivity contribution is 5.76. The molecule has 1 aliphatic rings. The minimum absolute atomic E-state index is 0.105. The number of methoxy groups -OCH3 is 1. The number of aromatic nitrogens is 2. The van der Waals surface area contributed by atoms with Gasteiger partial charge in [-0.15, -0.1) is 0 Å². The van der Waals surface area contributed by atoms with Gasteiger partial charge >= 0.3 is 0 Å². The van der Waals surface area contributed by atoms with Gasteiger partial charge in [-0.1, -0.05) is 30.3 Å². The lowest BCUT2D eigenvalue weighted by atomic mass is 9.87. The Balaban J connectivity index is 1.53. The molecule has 0 saturated carbocycles. The van der Waals surface area contributed by atoms with Gasteiger partial charge in [-0.2, -0.15) is 0 Å². The zero-order chi connectivity index (χ0) is 17.6. The van der Waals surface area contributed by atoms with Gasteiger partial charge in [0.1, 0.15) is 5.82 Å². The van der Waals surface area contributed by atoms with Crippen LogP contribution in [-0.4, -0.2) is 46.7 Å². The van der Waals surface area contributed by atoms with Crippen LogP contribution in [0.5, 0.6) is 0 Å². The van der Waals surface area contributed by atoms with E-state index in [2.05, 4.69) is 29.2 Å². The molecule has 1 aromatic heterocycles. The lowest BCUT2D eigenvalue weighted by Gasteiger charge is -2.38. The Kier molecular flexibility index (Phi) is 5.87. The number of ether oxygens (including phenoxy) is 1. The first-order chi connectivity index (χ1) is 12.2. The molecule has 134 valence electrons. The fraction of sp³-hybridized carbons (Fsp3) is 0.500. The number of imidazole rings is 1. The topological polar surface area (TPSA) is 47.4 Å². The molecular weight excluding hydrogens is 314 g/mol. The Labute approximate surface area is 149 Å². The van der Waals surface area contributed by atoms with E-state index >= 15 is 0 Å². The lowest BCUT2D eigenvalue weighted by molar-refractivity contribution is -0.136. The Morgan fingerprint density at radius 1 is 1.32 bits per heavy atom. The van der Waals surface area contributed by atoms with Crippen LogP contribution in [0.2, 0.25) is 0 Å². The molecule has 0 unspecified atom stereocenters. The smallest absolute Gasteiger partial charge is 0.224 e. The molecule has 0 radical (unpaired) electrons. The monoisotopic (exact) mass is 341 g/mol. The van der Waals surface area contributed by atoms with Crippen LogP contribution < -0.4 is 0 Å². The molecule has 0 bridgehead atoms.